The van der Waals surface area contributed by atoms with Gasteiger partial charge in [-0.1, -0.05) is 13.8 Å². The fourth-order valence-corrected chi connectivity index (χ4v) is 1.37. The number of hydrogen-bond donors (Lipinski definition) is 5. The van der Waals surface area contributed by atoms with Crippen LogP contribution in [0, 0.1) is 0 Å². The van der Waals surface area contributed by atoms with Crippen molar-refractivity contribution >= 4 is 36.3 Å². The predicted molar refractivity (Wildman–Crippen MR) is 85.4 cm³/mol. The summed E-state index contributed by atoms with van der Waals surface area (Å²) >= 11 is 4.30. The fraction of sp³-hybridized carbons (Fsp3) is 0.692. The summed E-state index contributed by atoms with van der Waals surface area (Å²) in [7, 11) is 1.45. The summed E-state index contributed by atoms with van der Waals surface area (Å²) < 4.78 is -0.248. The lowest BCUT2D eigenvalue weighted by Gasteiger charge is -2.16. The molecule has 0 saturated carbocycles. The summed E-state index contributed by atoms with van der Waals surface area (Å²) in [6.07, 6.45) is 0.863. The van der Waals surface area contributed by atoms with Crippen LogP contribution in [0.5, 0.6) is 0 Å². The lowest BCUT2D eigenvalue weighted by atomic mass is 10.1. The molecule has 9 heteroatoms. The number of rotatable bonds is 9. The first-order chi connectivity index (χ1) is 10.1. The molecule has 0 aliphatic heterocycles. The van der Waals surface area contributed by atoms with Crippen molar-refractivity contribution in [1.82, 2.24) is 21.3 Å². The number of thiol groups is 1. The van der Waals surface area contributed by atoms with E-state index in [-0.39, 0.29) is 42.6 Å². The first-order valence-corrected chi connectivity index (χ1v) is 7.32. The largest absolute Gasteiger partial charge is 0.358 e. The van der Waals surface area contributed by atoms with Crippen LogP contribution in [-0.2, 0) is 19.2 Å². The molecule has 22 heavy (non-hydrogen) atoms. The van der Waals surface area contributed by atoms with Crippen molar-refractivity contribution in [3.8, 4) is 0 Å². The average molecular weight is 332 g/mol. The Labute approximate surface area is 135 Å². The van der Waals surface area contributed by atoms with Gasteiger partial charge in [0, 0.05) is 18.2 Å². The Balaban J connectivity index is 3.79. The quantitative estimate of drug-likeness (QED) is 0.333. The van der Waals surface area contributed by atoms with E-state index in [1.54, 1.807) is 0 Å². The van der Waals surface area contributed by atoms with Crippen molar-refractivity contribution in [3.05, 3.63) is 0 Å². The van der Waals surface area contributed by atoms with E-state index >= 15 is 0 Å². The maximum Gasteiger partial charge on any atom is 0.239 e. The molecule has 0 aromatic rings. The normalized spacial score (nSPS) is 10.5. The Kier molecular flexibility index (Phi) is 9.23. The lowest BCUT2D eigenvalue weighted by molar-refractivity contribution is -0.128. The van der Waals surface area contributed by atoms with Gasteiger partial charge in [-0.15, -0.1) is 0 Å². The molecule has 8 nitrogen and oxygen atoms in total. The fourth-order valence-electron chi connectivity index (χ4n) is 1.26. The molecule has 0 aliphatic rings. The van der Waals surface area contributed by atoms with Gasteiger partial charge in [-0.05, 0) is 6.42 Å². The number of hydrogen-bond acceptors (Lipinski definition) is 5. The summed E-state index contributed by atoms with van der Waals surface area (Å²) in [6, 6.07) is 0. The van der Waals surface area contributed by atoms with Gasteiger partial charge < -0.3 is 21.3 Å². The second-order valence-corrected chi connectivity index (χ2v) is 6.53. The summed E-state index contributed by atoms with van der Waals surface area (Å²) in [5, 5.41) is 9.47. The predicted octanol–water partition coefficient (Wildman–Crippen LogP) is -1.43. The summed E-state index contributed by atoms with van der Waals surface area (Å²) in [6.45, 7) is 3.19. The van der Waals surface area contributed by atoms with E-state index in [9.17, 15) is 19.2 Å². The second-order valence-electron chi connectivity index (χ2n) is 5.32. The third kappa shape index (κ3) is 12.0. The van der Waals surface area contributed by atoms with Crippen molar-refractivity contribution in [3.63, 3.8) is 0 Å². The summed E-state index contributed by atoms with van der Waals surface area (Å²) in [5.74, 6) is -1.55. The molecule has 0 aromatic heterocycles. The zero-order valence-corrected chi connectivity index (χ0v) is 14.0. The molecule has 0 saturated heterocycles. The standard InChI is InChI=1S/C13H24N4O4S/c1-13(2,22)5-4-9(18)15-7-11(20)17-8-12(21)16-6-10(19)14-3/h22H,4-8H2,1-3H3,(H,14,19)(H,15,18)(H,16,21)(H,17,20). The van der Waals surface area contributed by atoms with Gasteiger partial charge in [0.2, 0.25) is 23.6 Å². The maximum atomic E-state index is 11.5. The van der Waals surface area contributed by atoms with Crippen molar-refractivity contribution in [2.45, 2.75) is 31.4 Å². The molecule has 0 fully saturated rings. The molecular formula is C13H24N4O4S. The maximum absolute atomic E-state index is 11.5. The van der Waals surface area contributed by atoms with E-state index in [2.05, 4.69) is 33.9 Å². The van der Waals surface area contributed by atoms with E-state index in [4.69, 9.17) is 0 Å². The minimum atomic E-state index is -0.486. The monoisotopic (exact) mass is 332 g/mol. The van der Waals surface area contributed by atoms with E-state index < -0.39 is 11.8 Å². The van der Waals surface area contributed by atoms with Crippen LogP contribution in [0.25, 0.3) is 0 Å². The first-order valence-electron chi connectivity index (χ1n) is 6.87. The minimum Gasteiger partial charge on any atom is -0.358 e. The molecule has 4 N–H and O–H groups in total. The Morgan fingerprint density at radius 1 is 0.818 bits per heavy atom. The molecule has 0 atom stereocenters. The molecule has 0 aliphatic carbocycles. The smallest absolute Gasteiger partial charge is 0.239 e. The lowest BCUT2D eigenvalue weighted by Crippen LogP contribution is -2.44. The highest BCUT2D eigenvalue weighted by Crippen LogP contribution is 2.18. The van der Waals surface area contributed by atoms with Crippen LogP contribution in [-0.4, -0.2) is 55.1 Å². The van der Waals surface area contributed by atoms with Crippen LogP contribution in [0.2, 0.25) is 0 Å². The molecule has 0 unspecified atom stereocenters. The molecule has 126 valence electrons. The Hall–Kier alpha value is -1.77. The van der Waals surface area contributed by atoms with Crippen LogP contribution in [0.4, 0.5) is 0 Å². The van der Waals surface area contributed by atoms with Crippen LogP contribution in [0.1, 0.15) is 26.7 Å². The zero-order chi connectivity index (χ0) is 17.2. The number of likely N-dealkylation sites (N-methyl/N-ethyl adjacent to an activating group) is 1. The van der Waals surface area contributed by atoms with Crippen LogP contribution in [0.3, 0.4) is 0 Å². The Morgan fingerprint density at radius 3 is 1.64 bits per heavy atom. The van der Waals surface area contributed by atoms with Gasteiger partial charge >= 0.3 is 0 Å². The number of carbonyl (C=O) groups is 4. The second kappa shape index (κ2) is 10.0. The van der Waals surface area contributed by atoms with Crippen molar-refractivity contribution in [2.75, 3.05) is 26.7 Å². The molecule has 4 amide bonds. The van der Waals surface area contributed by atoms with Gasteiger partial charge in [-0.25, -0.2) is 0 Å². The summed E-state index contributed by atoms with van der Waals surface area (Å²) in [4.78, 5) is 45.2. The van der Waals surface area contributed by atoms with Crippen molar-refractivity contribution < 1.29 is 19.2 Å². The minimum absolute atomic E-state index is 0.151. The summed E-state index contributed by atoms with van der Waals surface area (Å²) in [5.41, 5.74) is 0. The highest BCUT2D eigenvalue weighted by molar-refractivity contribution is 7.81. The van der Waals surface area contributed by atoms with E-state index in [0.717, 1.165) is 0 Å². The molecule has 0 heterocycles. The van der Waals surface area contributed by atoms with Gasteiger partial charge in [-0.3, -0.25) is 19.2 Å². The molecule has 0 bridgehead atoms. The van der Waals surface area contributed by atoms with Crippen LogP contribution in [0.15, 0.2) is 0 Å². The molecule has 0 radical (unpaired) electrons. The van der Waals surface area contributed by atoms with Gasteiger partial charge in [0.1, 0.15) is 0 Å². The Bertz CT molecular complexity index is 421. The van der Waals surface area contributed by atoms with Gasteiger partial charge in [0.05, 0.1) is 19.6 Å². The molecule has 0 spiro atoms. The van der Waals surface area contributed by atoms with E-state index in [1.807, 2.05) is 13.8 Å². The number of amides is 4. The van der Waals surface area contributed by atoms with Crippen molar-refractivity contribution in [1.29, 1.82) is 0 Å². The highest BCUT2D eigenvalue weighted by Gasteiger charge is 2.14. The van der Waals surface area contributed by atoms with E-state index in [1.165, 1.54) is 7.05 Å². The topological polar surface area (TPSA) is 116 Å². The average Bonchev–Trinajstić information content (AvgIpc) is 2.45. The van der Waals surface area contributed by atoms with Crippen LogP contribution < -0.4 is 21.3 Å². The van der Waals surface area contributed by atoms with E-state index in [0.29, 0.717) is 6.42 Å². The number of carbonyl (C=O) groups excluding carboxylic acids is 4. The zero-order valence-electron chi connectivity index (χ0n) is 13.1. The third-order valence-electron chi connectivity index (χ3n) is 2.58. The molecule has 0 aromatic carbocycles. The molecular weight excluding hydrogens is 308 g/mol. The Morgan fingerprint density at radius 2 is 1.23 bits per heavy atom. The molecule has 0 rings (SSSR count). The van der Waals surface area contributed by atoms with Gasteiger partial charge in [0.15, 0.2) is 0 Å². The van der Waals surface area contributed by atoms with Crippen molar-refractivity contribution in [2.24, 2.45) is 0 Å². The highest BCUT2D eigenvalue weighted by atomic mass is 32.1. The first kappa shape index (κ1) is 20.2. The van der Waals surface area contributed by atoms with Gasteiger partial charge in [0.25, 0.3) is 0 Å². The number of nitrogens with one attached hydrogen (secondary N) is 4. The third-order valence-corrected chi connectivity index (χ3v) is 2.80. The SMILES string of the molecule is CNC(=O)CNC(=O)CNC(=O)CNC(=O)CCC(C)(C)S. The van der Waals surface area contributed by atoms with Gasteiger partial charge in [-0.2, -0.15) is 12.6 Å². The van der Waals surface area contributed by atoms with Crippen LogP contribution >= 0.6 is 12.6 Å².